The number of benzene rings is 2. The van der Waals surface area contributed by atoms with Crippen molar-refractivity contribution in [3.63, 3.8) is 0 Å². The highest BCUT2D eigenvalue weighted by Crippen LogP contribution is 2.65. The van der Waals surface area contributed by atoms with Crippen LogP contribution in [0.15, 0.2) is 30.3 Å². The Balaban J connectivity index is 1.77. The van der Waals surface area contributed by atoms with Crippen molar-refractivity contribution in [3.05, 3.63) is 63.9 Å². The molecule has 0 saturated heterocycles. The summed E-state index contributed by atoms with van der Waals surface area (Å²) in [6.45, 7) is -1.59. The van der Waals surface area contributed by atoms with Crippen molar-refractivity contribution < 1.29 is 35.9 Å². The zero-order valence-electron chi connectivity index (χ0n) is 15.5. The molecule has 172 valence electrons. The van der Waals surface area contributed by atoms with Crippen molar-refractivity contribution in [2.45, 2.75) is 16.4 Å². The normalized spacial score (nSPS) is 19.4. The third kappa shape index (κ3) is 5.07. The first-order chi connectivity index (χ1) is 14.7. The van der Waals surface area contributed by atoms with Crippen LogP contribution in [0.1, 0.15) is 21.8 Å². The van der Waals surface area contributed by atoms with Gasteiger partial charge in [-0.05, 0) is 35.9 Å². The first-order valence-electron chi connectivity index (χ1n) is 8.70. The van der Waals surface area contributed by atoms with Gasteiger partial charge in [0.05, 0.1) is 16.5 Å². The summed E-state index contributed by atoms with van der Waals surface area (Å²) >= 11 is 18.0. The molecule has 0 heterocycles. The maximum atomic E-state index is 13.5. The van der Waals surface area contributed by atoms with Crippen LogP contribution in [0.3, 0.4) is 0 Å². The standard InChI is InChI=1S/C19H11Cl3F6N2O2/c20-10-2-1-8(5-9(10)16(31)29-6-18(26,27)28)30-17(32)14-13(19(14,21)22)7-3-11(23)15(25)12(24)4-7/h1-5,13-14H,6H2,(H,29,31)(H,30,32). The molecule has 0 radical (unpaired) electrons. The number of alkyl halides is 5. The van der Waals surface area contributed by atoms with E-state index in [2.05, 4.69) is 5.32 Å². The monoisotopic (exact) mass is 518 g/mol. The summed E-state index contributed by atoms with van der Waals surface area (Å²) in [5.74, 6) is -8.87. The molecule has 2 aromatic carbocycles. The van der Waals surface area contributed by atoms with E-state index in [0.29, 0.717) is 12.1 Å². The fourth-order valence-electron chi connectivity index (χ4n) is 3.10. The van der Waals surface area contributed by atoms with Crippen LogP contribution >= 0.6 is 34.8 Å². The highest BCUT2D eigenvalue weighted by atomic mass is 35.5. The van der Waals surface area contributed by atoms with Gasteiger partial charge in [0.2, 0.25) is 5.91 Å². The minimum Gasteiger partial charge on any atom is -0.343 e. The van der Waals surface area contributed by atoms with Crippen LogP contribution in [-0.4, -0.2) is 28.9 Å². The molecular formula is C19H11Cl3F6N2O2. The third-order valence-corrected chi connectivity index (χ3v) is 5.90. The van der Waals surface area contributed by atoms with Crippen molar-refractivity contribution in [2.75, 3.05) is 11.9 Å². The summed E-state index contributed by atoms with van der Waals surface area (Å²) in [6, 6.07) is 4.80. The lowest BCUT2D eigenvalue weighted by molar-refractivity contribution is -0.123. The summed E-state index contributed by atoms with van der Waals surface area (Å²) in [5.41, 5.74) is -0.510. The molecule has 13 heteroatoms. The largest absolute Gasteiger partial charge is 0.405 e. The number of rotatable bonds is 5. The number of halogens is 9. The predicted octanol–water partition coefficient (Wildman–Crippen LogP) is 5.58. The van der Waals surface area contributed by atoms with Crippen LogP contribution in [0.4, 0.5) is 32.0 Å². The number of hydrogen-bond donors (Lipinski definition) is 2. The molecule has 3 rings (SSSR count). The first-order valence-corrected chi connectivity index (χ1v) is 9.83. The fraction of sp³-hybridized carbons (Fsp3) is 0.263. The molecule has 32 heavy (non-hydrogen) atoms. The highest BCUT2D eigenvalue weighted by molar-refractivity contribution is 6.53. The molecule has 0 aromatic heterocycles. The van der Waals surface area contributed by atoms with E-state index in [1.807, 2.05) is 0 Å². The molecule has 2 aromatic rings. The Kier molecular flexibility index (Phi) is 6.61. The lowest BCUT2D eigenvalue weighted by atomic mass is 10.1. The Bertz CT molecular complexity index is 1070. The Morgan fingerprint density at radius 1 is 1.03 bits per heavy atom. The van der Waals surface area contributed by atoms with Gasteiger partial charge in [-0.3, -0.25) is 9.59 Å². The molecular weight excluding hydrogens is 509 g/mol. The highest BCUT2D eigenvalue weighted by Gasteiger charge is 2.67. The number of nitrogens with one attached hydrogen (secondary N) is 2. The van der Waals surface area contributed by atoms with Crippen molar-refractivity contribution >= 4 is 52.3 Å². The summed E-state index contributed by atoms with van der Waals surface area (Å²) in [7, 11) is 0. The van der Waals surface area contributed by atoms with E-state index in [1.54, 1.807) is 5.32 Å². The van der Waals surface area contributed by atoms with Crippen molar-refractivity contribution in [1.82, 2.24) is 5.32 Å². The minimum absolute atomic E-state index is 0.0252. The average Bonchev–Trinajstić information content (AvgIpc) is 3.27. The zero-order valence-corrected chi connectivity index (χ0v) is 17.7. The van der Waals surface area contributed by atoms with Gasteiger partial charge in [-0.1, -0.05) is 11.6 Å². The summed E-state index contributed by atoms with van der Waals surface area (Å²) in [5, 5.41) is 3.84. The smallest absolute Gasteiger partial charge is 0.343 e. The van der Waals surface area contributed by atoms with Gasteiger partial charge in [0.25, 0.3) is 5.91 Å². The molecule has 1 aliphatic carbocycles. The van der Waals surface area contributed by atoms with Gasteiger partial charge in [0.15, 0.2) is 17.5 Å². The second kappa shape index (κ2) is 8.64. The molecule has 1 saturated carbocycles. The van der Waals surface area contributed by atoms with E-state index in [4.69, 9.17) is 34.8 Å². The SMILES string of the molecule is O=C(NCC(F)(F)F)c1cc(NC(=O)C2C(c3cc(F)c(F)c(F)c3)C2(Cl)Cl)ccc1Cl. The topological polar surface area (TPSA) is 58.2 Å². The lowest BCUT2D eigenvalue weighted by Crippen LogP contribution is -2.33. The third-order valence-electron chi connectivity index (χ3n) is 4.63. The molecule has 1 aliphatic rings. The number of hydrogen-bond acceptors (Lipinski definition) is 2. The van der Waals surface area contributed by atoms with Crippen molar-refractivity contribution in [3.8, 4) is 0 Å². The molecule has 1 fully saturated rings. The van der Waals surface area contributed by atoms with Gasteiger partial charge in [0, 0.05) is 11.6 Å². The molecule has 2 atom stereocenters. The zero-order chi connectivity index (χ0) is 24.0. The number of carbonyl (C=O) groups is 2. The van der Waals surface area contributed by atoms with E-state index < -0.39 is 58.2 Å². The second-order valence-corrected chi connectivity index (χ2v) is 8.76. The van der Waals surface area contributed by atoms with Crippen molar-refractivity contribution in [1.29, 1.82) is 0 Å². The van der Waals surface area contributed by atoms with E-state index in [1.165, 1.54) is 12.1 Å². The van der Waals surface area contributed by atoms with Gasteiger partial charge in [0.1, 0.15) is 10.9 Å². The Hall–Kier alpha value is -2.17. The lowest BCUT2D eigenvalue weighted by Gasteiger charge is -2.11. The van der Waals surface area contributed by atoms with E-state index in [9.17, 15) is 35.9 Å². The van der Waals surface area contributed by atoms with Gasteiger partial charge < -0.3 is 10.6 Å². The van der Waals surface area contributed by atoms with Crippen LogP contribution in [-0.2, 0) is 4.79 Å². The molecule has 2 unspecified atom stereocenters. The van der Waals surface area contributed by atoms with Crippen molar-refractivity contribution in [2.24, 2.45) is 5.92 Å². The number of amides is 2. The van der Waals surface area contributed by atoms with E-state index in [-0.39, 0.29) is 21.8 Å². The van der Waals surface area contributed by atoms with Crippen LogP contribution in [0.25, 0.3) is 0 Å². The van der Waals surface area contributed by atoms with Gasteiger partial charge >= 0.3 is 6.18 Å². The molecule has 2 amide bonds. The maximum Gasteiger partial charge on any atom is 0.405 e. The Morgan fingerprint density at radius 2 is 1.62 bits per heavy atom. The first kappa shape index (κ1) is 24.5. The summed E-state index contributed by atoms with van der Waals surface area (Å²) < 4.78 is 75.4. The van der Waals surface area contributed by atoms with Crippen LogP contribution in [0.2, 0.25) is 5.02 Å². The van der Waals surface area contributed by atoms with Crippen LogP contribution in [0.5, 0.6) is 0 Å². The number of carbonyl (C=O) groups excluding carboxylic acids is 2. The predicted molar refractivity (Wildman–Crippen MR) is 105 cm³/mol. The molecule has 2 N–H and O–H groups in total. The van der Waals surface area contributed by atoms with E-state index in [0.717, 1.165) is 6.07 Å². The fourth-order valence-corrected chi connectivity index (χ4v) is 4.13. The van der Waals surface area contributed by atoms with Crippen LogP contribution < -0.4 is 10.6 Å². The molecule has 4 nitrogen and oxygen atoms in total. The van der Waals surface area contributed by atoms with Crippen LogP contribution in [0, 0.1) is 23.4 Å². The molecule has 0 spiro atoms. The quantitative estimate of drug-likeness (QED) is 0.308. The summed E-state index contributed by atoms with van der Waals surface area (Å²) in [6.07, 6.45) is -4.64. The Labute approximate surface area is 191 Å². The Morgan fingerprint density at radius 3 is 2.19 bits per heavy atom. The molecule has 0 bridgehead atoms. The van der Waals surface area contributed by atoms with Gasteiger partial charge in [-0.15, -0.1) is 23.2 Å². The average molecular weight is 520 g/mol. The number of anilines is 1. The van der Waals surface area contributed by atoms with Gasteiger partial charge in [-0.25, -0.2) is 13.2 Å². The minimum atomic E-state index is -4.64. The maximum absolute atomic E-state index is 13.5. The van der Waals surface area contributed by atoms with E-state index >= 15 is 0 Å². The summed E-state index contributed by atoms with van der Waals surface area (Å²) in [4.78, 5) is 24.6. The second-order valence-electron chi connectivity index (χ2n) is 6.91. The van der Waals surface area contributed by atoms with Gasteiger partial charge in [-0.2, -0.15) is 13.2 Å². The molecule has 0 aliphatic heterocycles.